The summed E-state index contributed by atoms with van der Waals surface area (Å²) < 4.78 is 0. The third-order valence-electron chi connectivity index (χ3n) is 3.67. The summed E-state index contributed by atoms with van der Waals surface area (Å²) in [6, 6.07) is 14.1. The van der Waals surface area contributed by atoms with Gasteiger partial charge in [0.1, 0.15) is 0 Å². The van der Waals surface area contributed by atoms with Crippen LogP contribution in [-0.2, 0) is 14.4 Å². The van der Waals surface area contributed by atoms with E-state index in [1.165, 1.54) is 18.7 Å². The molecule has 0 heterocycles. The maximum atomic E-state index is 12.0. The summed E-state index contributed by atoms with van der Waals surface area (Å²) in [5, 5.41) is 8.47. The maximum Gasteiger partial charge on any atom is 0.243 e. The zero-order chi connectivity index (χ0) is 19.1. The summed E-state index contributed by atoms with van der Waals surface area (Å²) in [6.07, 6.45) is 0. The first-order valence-electron chi connectivity index (χ1n) is 8.11. The van der Waals surface area contributed by atoms with E-state index >= 15 is 0 Å². The van der Waals surface area contributed by atoms with Crippen molar-refractivity contribution in [3.05, 3.63) is 48.5 Å². The van der Waals surface area contributed by atoms with Crippen LogP contribution in [0.25, 0.3) is 0 Å². The number of benzene rings is 2. The van der Waals surface area contributed by atoms with Crippen molar-refractivity contribution in [3.8, 4) is 0 Å². The number of rotatable bonds is 6. The van der Waals surface area contributed by atoms with Crippen molar-refractivity contribution < 1.29 is 14.4 Å². The van der Waals surface area contributed by atoms with E-state index in [1.54, 1.807) is 55.6 Å². The highest BCUT2D eigenvalue weighted by Gasteiger charge is 2.06. The van der Waals surface area contributed by atoms with E-state index in [0.29, 0.717) is 11.4 Å². The predicted molar refractivity (Wildman–Crippen MR) is 103 cm³/mol. The second kappa shape index (κ2) is 8.66. The lowest BCUT2D eigenvalue weighted by Gasteiger charge is -2.15. The highest BCUT2D eigenvalue weighted by molar-refractivity contribution is 5.95. The molecule has 0 aliphatic heterocycles. The summed E-state index contributed by atoms with van der Waals surface area (Å²) in [5.41, 5.74) is 2.88. The standard InChI is InChI=1S/C19H22N4O3/c1-13(24)21-16-6-4-15(5-7-16)20-12-19(26)22-17-8-10-18(11-9-17)23(3)14(2)25/h4-11,20H,12H2,1-3H3,(H,21,24)(H,22,26). The van der Waals surface area contributed by atoms with Gasteiger partial charge in [-0.2, -0.15) is 0 Å². The number of hydrogen-bond donors (Lipinski definition) is 3. The summed E-state index contributed by atoms with van der Waals surface area (Å²) >= 11 is 0. The molecule has 0 aromatic heterocycles. The molecule has 3 N–H and O–H groups in total. The van der Waals surface area contributed by atoms with Crippen molar-refractivity contribution in [2.75, 3.05) is 34.4 Å². The molecule has 7 nitrogen and oxygen atoms in total. The molecule has 0 unspecified atom stereocenters. The van der Waals surface area contributed by atoms with Gasteiger partial charge in [0.25, 0.3) is 0 Å². The Labute approximate surface area is 152 Å². The van der Waals surface area contributed by atoms with Gasteiger partial charge in [-0.1, -0.05) is 0 Å². The van der Waals surface area contributed by atoms with E-state index in [4.69, 9.17) is 0 Å². The number of nitrogens with zero attached hydrogens (tertiary/aromatic N) is 1. The minimum Gasteiger partial charge on any atom is -0.376 e. The van der Waals surface area contributed by atoms with Crippen LogP contribution in [0.4, 0.5) is 22.7 Å². The Bertz CT molecular complexity index is 785. The van der Waals surface area contributed by atoms with Gasteiger partial charge >= 0.3 is 0 Å². The smallest absolute Gasteiger partial charge is 0.243 e. The number of carbonyl (C=O) groups is 3. The normalized spacial score (nSPS) is 9.96. The Morgan fingerprint density at radius 2 is 1.31 bits per heavy atom. The molecule has 7 heteroatoms. The molecule has 2 aromatic carbocycles. The fourth-order valence-electron chi connectivity index (χ4n) is 2.21. The van der Waals surface area contributed by atoms with Gasteiger partial charge in [-0.15, -0.1) is 0 Å². The predicted octanol–water partition coefficient (Wildman–Crippen LogP) is 2.68. The summed E-state index contributed by atoms with van der Waals surface area (Å²) in [6.45, 7) is 3.04. The third-order valence-corrected chi connectivity index (χ3v) is 3.67. The average Bonchev–Trinajstić information content (AvgIpc) is 2.60. The molecule has 0 spiro atoms. The Balaban J connectivity index is 1.85. The Morgan fingerprint density at radius 3 is 1.85 bits per heavy atom. The molecule has 0 aliphatic rings. The van der Waals surface area contributed by atoms with E-state index in [2.05, 4.69) is 16.0 Å². The second-order valence-corrected chi connectivity index (χ2v) is 5.79. The first kappa shape index (κ1) is 19.0. The van der Waals surface area contributed by atoms with Gasteiger partial charge in [-0.05, 0) is 48.5 Å². The minimum atomic E-state index is -0.191. The molecule has 136 valence electrons. The van der Waals surface area contributed by atoms with Gasteiger partial charge in [-0.25, -0.2) is 0 Å². The zero-order valence-electron chi connectivity index (χ0n) is 15.0. The molecule has 0 atom stereocenters. The zero-order valence-corrected chi connectivity index (χ0v) is 15.0. The van der Waals surface area contributed by atoms with Crippen molar-refractivity contribution in [3.63, 3.8) is 0 Å². The van der Waals surface area contributed by atoms with Crippen LogP contribution in [0, 0.1) is 0 Å². The lowest BCUT2D eigenvalue weighted by molar-refractivity contribution is -0.116. The topological polar surface area (TPSA) is 90.5 Å². The third kappa shape index (κ3) is 5.62. The van der Waals surface area contributed by atoms with Crippen molar-refractivity contribution in [1.29, 1.82) is 0 Å². The van der Waals surface area contributed by atoms with Gasteiger partial charge in [0.2, 0.25) is 17.7 Å². The fourth-order valence-corrected chi connectivity index (χ4v) is 2.21. The van der Waals surface area contributed by atoms with Crippen molar-refractivity contribution in [1.82, 2.24) is 0 Å². The van der Waals surface area contributed by atoms with Gasteiger partial charge in [0, 0.05) is 43.6 Å². The summed E-state index contributed by atoms with van der Waals surface area (Å²) in [7, 11) is 1.69. The number of nitrogens with one attached hydrogen (secondary N) is 3. The number of anilines is 4. The highest BCUT2D eigenvalue weighted by Crippen LogP contribution is 2.17. The van der Waals surface area contributed by atoms with Crippen molar-refractivity contribution >= 4 is 40.5 Å². The molecule has 3 amide bonds. The van der Waals surface area contributed by atoms with Crippen LogP contribution in [0.5, 0.6) is 0 Å². The molecule has 0 saturated heterocycles. The minimum absolute atomic E-state index is 0.0597. The van der Waals surface area contributed by atoms with Crippen LogP contribution in [0.2, 0.25) is 0 Å². The average molecular weight is 354 g/mol. The Hall–Kier alpha value is -3.35. The molecule has 0 aliphatic carbocycles. The number of amides is 3. The van der Waals surface area contributed by atoms with Crippen LogP contribution in [0.3, 0.4) is 0 Å². The monoisotopic (exact) mass is 354 g/mol. The van der Waals surface area contributed by atoms with Crippen LogP contribution in [0.1, 0.15) is 13.8 Å². The second-order valence-electron chi connectivity index (χ2n) is 5.79. The molecular formula is C19H22N4O3. The SMILES string of the molecule is CC(=O)Nc1ccc(NCC(=O)Nc2ccc(N(C)C(C)=O)cc2)cc1. The quantitative estimate of drug-likeness (QED) is 0.744. The van der Waals surface area contributed by atoms with Gasteiger partial charge < -0.3 is 20.9 Å². The van der Waals surface area contributed by atoms with Gasteiger partial charge in [0.05, 0.1) is 6.54 Å². The van der Waals surface area contributed by atoms with E-state index in [9.17, 15) is 14.4 Å². The summed E-state index contributed by atoms with van der Waals surface area (Å²) in [5.74, 6) is -0.385. The molecule has 0 saturated carbocycles. The molecule has 0 fully saturated rings. The van der Waals surface area contributed by atoms with Gasteiger partial charge in [0.15, 0.2) is 0 Å². The van der Waals surface area contributed by atoms with Gasteiger partial charge in [-0.3, -0.25) is 14.4 Å². The van der Waals surface area contributed by atoms with Crippen molar-refractivity contribution in [2.45, 2.75) is 13.8 Å². The van der Waals surface area contributed by atoms with E-state index in [1.807, 2.05) is 0 Å². The van der Waals surface area contributed by atoms with Crippen LogP contribution >= 0.6 is 0 Å². The summed E-state index contributed by atoms with van der Waals surface area (Å²) in [4.78, 5) is 35.9. The molecular weight excluding hydrogens is 332 g/mol. The van der Waals surface area contributed by atoms with Crippen molar-refractivity contribution in [2.24, 2.45) is 0 Å². The van der Waals surface area contributed by atoms with E-state index < -0.39 is 0 Å². The first-order valence-corrected chi connectivity index (χ1v) is 8.11. The van der Waals surface area contributed by atoms with Crippen LogP contribution in [-0.4, -0.2) is 31.3 Å². The van der Waals surface area contributed by atoms with Crippen LogP contribution < -0.4 is 20.9 Å². The molecule has 26 heavy (non-hydrogen) atoms. The van der Waals surface area contributed by atoms with E-state index in [-0.39, 0.29) is 24.3 Å². The highest BCUT2D eigenvalue weighted by atomic mass is 16.2. The number of carbonyl (C=O) groups excluding carboxylic acids is 3. The Kier molecular flexibility index (Phi) is 6.32. The molecule has 0 radical (unpaired) electrons. The van der Waals surface area contributed by atoms with Crippen LogP contribution in [0.15, 0.2) is 48.5 Å². The molecule has 2 rings (SSSR count). The lowest BCUT2D eigenvalue weighted by Crippen LogP contribution is -2.23. The lowest BCUT2D eigenvalue weighted by atomic mass is 10.2. The maximum absolute atomic E-state index is 12.0. The molecule has 0 bridgehead atoms. The van der Waals surface area contributed by atoms with E-state index in [0.717, 1.165) is 11.4 Å². The largest absolute Gasteiger partial charge is 0.376 e. The fraction of sp³-hybridized carbons (Fsp3) is 0.211. The Morgan fingerprint density at radius 1 is 0.808 bits per heavy atom. The number of hydrogen-bond acceptors (Lipinski definition) is 4. The first-order chi connectivity index (χ1) is 12.3. The molecule has 2 aromatic rings.